The Kier molecular flexibility index (Phi) is 7.92. The van der Waals surface area contributed by atoms with E-state index >= 15 is 0 Å². The highest BCUT2D eigenvalue weighted by Crippen LogP contribution is 2.20. The van der Waals surface area contributed by atoms with Gasteiger partial charge >= 0.3 is 5.97 Å². The van der Waals surface area contributed by atoms with Gasteiger partial charge in [0.1, 0.15) is 6.54 Å². The van der Waals surface area contributed by atoms with Gasteiger partial charge in [-0.1, -0.05) is 43.7 Å². The highest BCUT2D eigenvalue weighted by molar-refractivity contribution is 7.89. The van der Waals surface area contributed by atoms with Gasteiger partial charge < -0.3 is 10.1 Å². The minimum atomic E-state index is -3.82. The molecule has 0 aliphatic rings. The second-order valence-corrected chi connectivity index (χ2v) is 8.54. The Morgan fingerprint density at radius 3 is 2.24 bits per heavy atom. The molecule has 0 aliphatic heterocycles. The number of amides is 1. The number of nitrogens with one attached hydrogen (secondary N) is 2. The third kappa shape index (κ3) is 6.99. The lowest BCUT2D eigenvalue weighted by atomic mass is 9.99. The number of rotatable bonds is 9. The zero-order valence-electron chi connectivity index (χ0n) is 16.8. The predicted octanol–water partition coefficient (Wildman–Crippen LogP) is 2.97. The minimum Gasteiger partial charge on any atom is -0.455 e. The molecule has 8 heteroatoms. The highest BCUT2D eigenvalue weighted by atomic mass is 32.2. The lowest BCUT2D eigenvalue weighted by molar-refractivity contribution is -0.146. The van der Waals surface area contributed by atoms with Crippen molar-refractivity contribution >= 4 is 27.6 Å². The summed E-state index contributed by atoms with van der Waals surface area (Å²) in [5, 5.41) is 2.63. The quantitative estimate of drug-likeness (QED) is 0.610. The van der Waals surface area contributed by atoms with E-state index in [1.807, 2.05) is 19.1 Å². The minimum absolute atomic E-state index is 0.0504. The first kappa shape index (κ1) is 22.6. The molecule has 0 radical (unpaired) electrons. The standard InChI is InChI=1S/C21H26N2O5S/c1-4-16(3)17-7-9-18(10-8-17)23-20(24)14-28-21(25)13-22-29(26,27)19-11-5-15(2)6-12-19/h5-12,16,22H,4,13-14H2,1-3H3,(H,23,24)/t16-/m1/s1. The van der Waals surface area contributed by atoms with Crippen molar-refractivity contribution in [1.82, 2.24) is 4.72 Å². The van der Waals surface area contributed by atoms with E-state index in [0.29, 0.717) is 11.6 Å². The molecule has 0 unspecified atom stereocenters. The van der Waals surface area contributed by atoms with E-state index in [-0.39, 0.29) is 4.90 Å². The van der Waals surface area contributed by atoms with Crippen molar-refractivity contribution < 1.29 is 22.7 Å². The maximum absolute atomic E-state index is 12.1. The summed E-state index contributed by atoms with van der Waals surface area (Å²) in [6.07, 6.45) is 1.02. The van der Waals surface area contributed by atoms with Crippen LogP contribution in [0.5, 0.6) is 0 Å². The smallest absolute Gasteiger partial charge is 0.321 e. The number of anilines is 1. The van der Waals surface area contributed by atoms with E-state index in [1.165, 1.54) is 17.7 Å². The van der Waals surface area contributed by atoms with E-state index < -0.39 is 35.1 Å². The third-order valence-electron chi connectivity index (χ3n) is 4.48. The molecule has 7 nitrogen and oxygen atoms in total. The Bertz CT molecular complexity index is 938. The van der Waals surface area contributed by atoms with Crippen LogP contribution < -0.4 is 10.0 Å². The Balaban J connectivity index is 1.78. The molecule has 156 valence electrons. The number of esters is 1. The molecule has 1 amide bonds. The zero-order chi connectivity index (χ0) is 21.4. The average molecular weight is 419 g/mol. The van der Waals surface area contributed by atoms with Gasteiger partial charge in [0.25, 0.3) is 5.91 Å². The summed E-state index contributed by atoms with van der Waals surface area (Å²) in [6, 6.07) is 13.7. The van der Waals surface area contributed by atoms with Crippen LogP contribution in [0.2, 0.25) is 0 Å². The third-order valence-corrected chi connectivity index (χ3v) is 5.90. The second-order valence-electron chi connectivity index (χ2n) is 6.78. The zero-order valence-corrected chi connectivity index (χ0v) is 17.6. The van der Waals surface area contributed by atoms with Crippen LogP contribution in [0.25, 0.3) is 0 Å². The summed E-state index contributed by atoms with van der Waals surface area (Å²) in [6.45, 7) is 5.01. The van der Waals surface area contributed by atoms with E-state index in [4.69, 9.17) is 4.74 Å². The fraction of sp³-hybridized carbons (Fsp3) is 0.333. The van der Waals surface area contributed by atoms with Crippen LogP contribution in [-0.4, -0.2) is 33.4 Å². The summed E-state index contributed by atoms with van der Waals surface area (Å²) in [4.78, 5) is 23.7. The summed E-state index contributed by atoms with van der Waals surface area (Å²) >= 11 is 0. The number of benzene rings is 2. The molecule has 0 aliphatic carbocycles. The monoisotopic (exact) mass is 418 g/mol. The van der Waals surface area contributed by atoms with Crippen LogP contribution >= 0.6 is 0 Å². The normalized spacial score (nSPS) is 12.2. The Hall–Kier alpha value is -2.71. The van der Waals surface area contributed by atoms with Gasteiger partial charge in [-0.2, -0.15) is 4.72 Å². The SMILES string of the molecule is CC[C@@H](C)c1ccc(NC(=O)COC(=O)CNS(=O)(=O)c2ccc(C)cc2)cc1. The van der Waals surface area contributed by atoms with Gasteiger partial charge in [0.05, 0.1) is 4.90 Å². The molecule has 2 N–H and O–H groups in total. The molecular formula is C21H26N2O5S. The number of aryl methyl sites for hydroxylation is 1. The van der Waals surface area contributed by atoms with Gasteiger partial charge in [0.2, 0.25) is 10.0 Å². The van der Waals surface area contributed by atoms with Crippen molar-refractivity contribution in [2.45, 2.75) is 38.0 Å². The van der Waals surface area contributed by atoms with Crippen LogP contribution in [-0.2, 0) is 24.3 Å². The van der Waals surface area contributed by atoms with Crippen LogP contribution in [0, 0.1) is 6.92 Å². The number of hydrogen-bond donors (Lipinski definition) is 2. The molecule has 0 saturated heterocycles. The van der Waals surface area contributed by atoms with Crippen molar-refractivity contribution in [3.05, 3.63) is 59.7 Å². The lowest BCUT2D eigenvalue weighted by Crippen LogP contribution is -2.32. The van der Waals surface area contributed by atoms with E-state index in [9.17, 15) is 18.0 Å². The number of sulfonamides is 1. The van der Waals surface area contributed by atoms with E-state index in [0.717, 1.165) is 12.0 Å². The molecule has 2 aromatic rings. The predicted molar refractivity (Wildman–Crippen MR) is 111 cm³/mol. The van der Waals surface area contributed by atoms with Gasteiger partial charge in [-0.05, 0) is 49.1 Å². The molecule has 0 aromatic heterocycles. The first-order valence-corrected chi connectivity index (χ1v) is 10.8. The fourth-order valence-corrected chi connectivity index (χ4v) is 3.45. The first-order chi connectivity index (χ1) is 13.7. The Morgan fingerprint density at radius 1 is 1.03 bits per heavy atom. The van der Waals surface area contributed by atoms with Gasteiger partial charge in [0.15, 0.2) is 6.61 Å². The van der Waals surface area contributed by atoms with Crippen LogP contribution in [0.4, 0.5) is 5.69 Å². The maximum Gasteiger partial charge on any atom is 0.321 e. The summed E-state index contributed by atoms with van der Waals surface area (Å²) < 4.78 is 31.2. The highest BCUT2D eigenvalue weighted by Gasteiger charge is 2.16. The van der Waals surface area contributed by atoms with Gasteiger partial charge in [-0.25, -0.2) is 8.42 Å². The average Bonchev–Trinajstić information content (AvgIpc) is 2.71. The van der Waals surface area contributed by atoms with Crippen molar-refractivity contribution in [2.75, 3.05) is 18.5 Å². The Labute approximate surface area is 171 Å². The van der Waals surface area contributed by atoms with Gasteiger partial charge in [0, 0.05) is 5.69 Å². The maximum atomic E-state index is 12.1. The van der Waals surface area contributed by atoms with Crippen LogP contribution in [0.1, 0.15) is 37.3 Å². The summed E-state index contributed by atoms with van der Waals surface area (Å²) in [5.41, 5.74) is 2.69. The van der Waals surface area contributed by atoms with Crippen LogP contribution in [0.3, 0.4) is 0 Å². The summed E-state index contributed by atoms with van der Waals surface area (Å²) in [5.74, 6) is -0.914. The molecule has 1 atom stereocenters. The molecule has 2 aromatic carbocycles. The molecule has 2 rings (SSSR count). The van der Waals surface area contributed by atoms with Crippen LogP contribution in [0.15, 0.2) is 53.4 Å². The van der Waals surface area contributed by atoms with Crippen molar-refractivity contribution in [2.24, 2.45) is 0 Å². The molecular weight excluding hydrogens is 392 g/mol. The molecule has 29 heavy (non-hydrogen) atoms. The van der Waals surface area contributed by atoms with Crippen molar-refractivity contribution in [3.63, 3.8) is 0 Å². The van der Waals surface area contributed by atoms with Gasteiger partial charge in [-0.3, -0.25) is 9.59 Å². The van der Waals surface area contributed by atoms with E-state index in [2.05, 4.69) is 23.9 Å². The van der Waals surface area contributed by atoms with E-state index in [1.54, 1.807) is 24.3 Å². The molecule has 0 saturated carbocycles. The first-order valence-electron chi connectivity index (χ1n) is 9.33. The topological polar surface area (TPSA) is 102 Å². The lowest BCUT2D eigenvalue weighted by Gasteiger charge is -2.11. The number of carbonyl (C=O) groups is 2. The van der Waals surface area contributed by atoms with Crippen molar-refractivity contribution in [3.8, 4) is 0 Å². The largest absolute Gasteiger partial charge is 0.455 e. The number of carbonyl (C=O) groups excluding carboxylic acids is 2. The fourth-order valence-electron chi connectivity index (χ4n) is 2.48. The summed E-state index contributed by atoms with van der Waals surface area (Å²) in [7, 11) is -3.82. The number of hydrogen-bond acceptors (Lipinski definition) is 5. The Morgan fingerprint density at radius 2 is 1.66 bits per heavy atom. The van der Waals surface area contributed by atoms with Crippen molar-refractivity contribution in [1.29, 1.82) is 0 Å². The second kappa shape index (κ2) is 10.2. The molecule has 0 bridgehead atoms. The molecule has 0 heterocycles. The molecule has 0 fully saturated rings. The number of ether oxygens (including phenoxy) is 1. The molecule has 0 spiro atoms. The van der Waals surface area contributed by atoms with Gasteiger partial charge in [-0.15, -0.1) is 0 Å².